The molecule has 2 rings (SSSR count). The second-order valence-corrected chi connectivity index (χ2v) is 12.8. The average molecular weight is 542 g/mol. The lowest BCUT2D eigenvalue weighted by Crippen LogP contribution is -2.47. The van der Waals surface area contributed by atoms with Gasteiger partial charge in [0.25, 0.3) is 0 Å². The fraction of sp³-hybridized carbons (Fsp3) is 0.743. The van der Waals surface area contributed by atoms with Crippen LogP contribution in [0.4, 0.5) is 0 Å². The zero-order valence-corrected chi connectivity index (χ0v) is 25.4. The van der Waals surface area contributed by atoms with E-state index in [0.29, 0.717) is 24.3 Å². The van der Waals surface area contributed by atoms with Gasteiger partial charge in [-0.15, -0.1) is 0 Å². The van der Waals surface area contributed by atoms with E-state index in [2.05, 4.69) is 57.2 Å². The van der Waals surface area contributed by atoms with Crippen LogP contribution in [0, 0.1) is 41.4 Å². The molecule has 4 N–H and O–H groups in total. The first-order valence-electron chi connectivity index (χ1n) is 16.1. The molecule has 1 aromatic rings. The van der Waals surface area contributed by atoms with E-state index < -0.39 is 18.0 Å². The molecule has 4 heteroatoms. The van der Waals surface area contributed by atoms with Gasteiger partial charge < -0.3 is 15.9 Å². The second-order valence-electron chi connectivity index (χ2n) is 12.8. The number of allylic oxidation sites excluding steroid dienone is 2. The molecule has 0 unspecified atom stereocenters. The first-order valence-corrected chi connectivity index (χ1v) is 16.1. The first kappa shape index (κ1) is 33.6. The van der Waals surface area contributed by atoms with Crippen molar-refractivity contribution in [2.45, 2.75) is 117 Å². The number of carboxylic acid groups (broad SMARTS) is 1. The molecule has 1 aliphatic carbocycles. The summed E-state index contributed by atoms with van der Waals surface area (Å²) >= 11 is 0. The van der Waals surface area contributed by atoms with Crippen LogP contribution in [-0.4, -0.2) is 28.8 Å². The van der Waals surface area contributed by atoms with Crippen LogP contribution in [0.25, 0.3) is 0 Å². The Kier molecular flexibility index (Phi) is 16.0. The van der Waals surface area contributed by atoms with Gasteiger partial charge in [0.2, 0.25) is 0 Å². The number of unbranched alkanes of at least 4 members (excludes halogenated alkanes) is 4. The highest BCUT2D eigenvalue weighted by Crippen LogP contribution is 2.49. The molecule has 0 radical (unpaired) electrons. The van der Waals surface area contributed by atoms with Crippen molar-refractivity contribution in [1.82, 2.24) is 0 Å². The van der Waals surface area contributed by atoms with E-state index in [1.165, 1.54) is 50.5 Å². The van der Waals surface area contributed by atoms with Gasteiger partial charge in [-0.25, -0.2) is 0 Å². The summed E-state index contributed by atoms with van der Waals surface area (Å²) in [5.74, 6) is 0.553. The quantitative estimate of drug-likeness (QED) is 0.122. The maximum absolute atomic E-state index is 12.6. The molecule has 1 fully saturated rings. The van der Waals surface area contributed by atoms with Gasteiger partial charge in [-0.3, -0.25) is 4.79 Å². The fourth-order valence-electron chi connectivity index (χ4n) is 7.24. The Labute approximate surface area is 239 Å². The van der Waals surface area contributed by atoms with Gasteiger partial charge in [-0.2, -0.15) is 0 Å². The first-order chi connectivity index (χ1) is 18.8. The minimum absolute atomic E-state index is 0.0649. The predicted molar refractivity (Wildman–Crippen MR) is 165 cm³/mol. The lowest BCUT2D eigenvalue weighted by Gasteiger charge is -2.47. The summed E-state index contributed by atoms with van der Waals surface area (Å²) in [4.78, 5) is 12.6. The molecule has 1 aromatic carbocycles. The maximum Gasteiger partial charge on any atom is 0.309 e. The van der Waals surface area contributed by atoms with Crippen molar-refractivity contribution in [3.63, 3.8) is 0 Å². The highest BCUT2D eigenvalue weighted by atomic mass is 16.4. The van der Waals surface area contributed by atoms with Gasteiger partial charge in [0.1, 0.15) is 0 Å². The average Bonchev–Trinajstić information content (AvgIpc) is 2.89. The van der Waals surface area contributed by atoms with Gasteiger partial charge in [-0.05, 0) is 112 Å². The standard InChI is InChI=1S/C35H59NO3/c1-5-6-7-8-9-10-12-17-29(19-18-26(2)3)24-30-20-21-31(25-28-15-13-11-14-16-28)34(32(30)22-23-36)33(27(4)37)35(38)39/h10-16,26-27,29-34,37H,5-9,17-25,36H2,1-4H3,(H,38,39)/t27-,29+,30+,31+,32-,33+,34-/m0/s1. The zero-order valence-electron chi connectivity index (χ0n) is 25.4. The smallest absolute Gasteiger partial charge is 0.309 e. The van der Waals surface area contributed by atoms with E-state index in [9.17, 15) is 15.0 Å². The number of benzene rings is 1. The summed E-state index contributed by atoms with van der Waals surface area (Å²) in [5.41, 5.74) is 7.45. The molecular formula is C35H59NO3. The van der Waals surface area contributed by atoms with Crippen LogP contribution in [-0.2, 0) is 11.2 Å². The third kappa shape index (κ3) is 11.8. The minimum atomic E-state index is -0.878. The van der Waals surface area contributed by atoms with E-state index in [1.54, 1.807) is 6.92 Å². The summed E-state index contributed by atoms with van der Waals surface area (Å²) < 4.78 is 0. The van der Waals surface area contributed by atoms with Crippen LogP contribution in [0.3, 0.4) is 0 Å². The Morgan fingerprint density at radius 1 is 1.03 bits per heavy atom. The Balaban J connectivity index is 2.25. The Morgan fingerprint density at radius 3 is 2.36 bits per heavy atom. The summed E-state index contributed by atoms with van der Waals surface area (Å²) in [6.07, 6.45) is 18.9. The maximum atomic E-state index is 12.6. The molecule has 0 heterocycles. The minimum Gasteiger partial charge on any atom is -0.481 e. The molecule has 0 saturated heterocycles. The molecule has 39 heavy (non-hydrogen) atoms. The number of hydrogen-bond acceptors (Lipinski definition) is 3. The number of hydrogen-bond donors (Lipinski definition) is 3. The molecule has 1 saturated carbocycles. The van der Waals surface area contributed by atoms with E-state index >= 15 is 0 Å². The Morgan fingerprint density at radius 2 is 1.74 bits per heavy atom. The predicted octanol–water partition coefficient (Wildman–Crippen LogP) is 8.28. The SMILES string of the molecule is CCCCCCC=CC[C@H](CCC(C)C)C[C@H]1CC[C@H](Cc2ccccc2)[C@H]([C@H](C(=O)O)[C@H](C)O)[C@H]1CCN. The van der Waals surface area contributed by atoms with Crippen molar-refractivity contribution in [3.05, 3.63) is 48.0 Å². The molecule has 0 aliphatic heterocycles. The molecule has 7 atom stereocenters. The van der Waals surface area contributed by atoms with Crippen LogP contribution >= 0.6 is 0 Å². The van der Waals surface area contributed by atoms with Crippen LogP contribution in [0.1, 0.15) is 110 Å². The van der Waals surface area contributed by atoms with Gasteiger partial charge in [0, 0.05) is 0 Å². The van der Waals surface area contributed by atoms with E-state index in [1.807, 2.05) is 6.07 Å². The normalized spacial score (nSPS) is 24.2. The summed E-state index contributed by atoms with van der Waals surface area (Å²) in [7, 11) is 0. The number of carboxylic acids is 1. The van der Waals surface area contributed by atoms with Crippen molar-refractivity contribution >= 4 is 5.97 Å². The van der Waals surface area contributed by atoms with Crippen molar-refractivity contribution in [1.29, 1.82) is 0 Å². The van der Waals surface area contributed by atoms with Crippen LogP contribution < -0.4 is 5.73 Å². The van der Waals surface area contributed by atoms with Gasteiger partial charge in [0.05, 0.1) is 12.0 Å². The molecule has 0 spiro atoms. The van der Waals surface area contributed by atoms with Gasteiger partial charge >= 0.3 is 5.97 Å². The van der Waals surface area contributed by atoms with Crippen molar-refractivity contribution in [2.75, 3.05) is 6.54 Å². The lowest BCUT2D eigenvalue weighted by atomic mass is 9.57. The molecule has 0 aromatic heterocycles. The van der Waals surface area contributed by atoms with Crippen LogP contribution in [0.15, 0.2) is 42.5 Å². The number of rotatable bonds is 19. The second kappa shape index (κ2) is 18.7. The van der Waals surface area contributed by atoms with Gasteiger partial charge in [-0.1, -0.05) is 88.9 Å². The molecule has 1 aliphatic rings. The molecule has 4 nitrogen and oxygen atoms in total. The third-order valence-corrected chi connectivity index (χ3v) is 9.26. The number of aliphatic carboxylic acids is 1. The van der Waals surface area contributed by atoms with E-state index in [0.717, 1.165) is 38.5 Å². The van der Waals surface area contributed by atoms with Crippen LogP contribution in [0.2, 0.25) is 0 Å². The van der Waals surface area contributed by atoms with Crippen molar-refractivity contribution < 1.29 is 15.0 Å². The molecule has 222 valence electrons. The number of nitrogens with two attached hydrogens (primary N) is 1. The molecular weight excluding hydrogens is 482 g/mol. The summed E-state index contributed by atoms with van der Waals surface area (Å²) in [6, 6.07) is 10.5. The monoisotopic (exact) mass is 541 g/mol. The topological polar surface area (TPSA) is 83.5 Å². The summed E-state index contributed by atoms with van der Waals surface area (Å²) in [5, 5.41) is 21.0. The zero-order chi connectivity index (χ0) is 28.6. The highest BCUT2D eigenvalue weighted by molar-refractivity contribution is 5.71. The Hall–Kier alpha value is -1.65. The number of aliphatic hydroxyl groups is 1. The largest absolute Gasteiger partial charge is 0.481 e. The lowest BCUT2D eigenvalue weighted by molar-refractivity contribution is -0.153. The third-order valence-electron chi connectivity index (χ3n) is 9.26. The van der Waals surface area contributed by atoms with Crippen molar-refractivity contribution in [3.8, 4) is 0 Å². The van der Waals surface area contributed by atoms with Crippen LogP contribution in [0.5, 0.6) is 0 Å². The summed E-state index contributed by atoms with van der Waals surface area (Å²) in [6.45, 7) is 9.10. The van der Waals surface area contributed by atoms with Gasteiger partial charge in [0.15, 0.2) is 0 Å². The van der Waals surface area contributed by atoms with E-state index in [4.69, 9.17) is 5.73 Å². The Bertz CT molecular complexity index is 805. The highest BCUT2D eigenvalue weighted by Gasteiger charge is 2.47. The molecule has 0 amide bonds. The molecule has 0 bridgehead atoms. The van der Waals surface area contributed by atoms with Crippen molar-refractivity contribution in [2.24, 2.45) is 47.2 Å². The van der Waals surface area contributed by atoms with E-state index in [-0.39, 0.29) is 17.8 Å². The number of aliphatic hydroxyl groups excluding tert-OH is 1. The number of carbonyl (C=O) groups is 1. The fourth-order valence-corrected chi connectivity index (χ4v) is 7.24.